The number of phenols is 1. The lowest BCUT2D eigenvalue weighted by Gasteiger charge is -2.61. The Morgan fingerprint density at radius 1 is 1.28 bits per heavy atom. The van der Waals surface area contributed by atoms with Crippen LogP contribution in [0, 0.1) is 0 Å². The van der Waals surface area contributed by atoms with Crippen molar-refractivity contribution < 1.29 is 43.5 Å². The van der Waals surface area contributed by atoms with Crippen LogP contribution in [0.2, 0.25) is 0 Å². The predicted octanol–water partition coefficient (Wildman–Crippen LogP) is 2.06. The van der Waals surface area contributed by atoms with Crippen molar-refractivity contribution in [1.29, 1.82) is 0 Å². The van der Waals surface area contributed by atoms with Gasteiger partial charge in [0.2, 0.25) is 0 Å². The van der Waals surface area contributed by atoms with Crippen LogP contribution in [0.4, 0.5) is 4.79 Å². The van der Waals surface area contributed by atoms with Gasteiger partial charge in [0.15, 0.2) is 23.7 Å². The maximum atomic E-state index is 12.8. The summed E-state index contributed by atoms with van der Waals surface area (Å²) < 4.78 is 22.0. The van der Waals surface area contributed by atoms with E-state index in [1.54, 1.807) is 32.9 Å². The van der Waals surface area contributed by atoms with Gasteiger partial charge in [-0.15, -0.1) is 0 Å². The van der Waals surface area contributed by atoms with Gasteiger partial charge < -0.3 is 39.4 Å². The van der Waals surface area contributed by atoms with Crippen LogP contribution < -0.4 is 10.1 Å². The van der Waals surface area contributed by atoms with Crippen molar-refractivity contribution in [3.63, 3.8) is 0 Å². The highest BCUT2D eigenvalue weighted by Crippen LogP contribution is 2.65. The number of piperidine rings is 1. The Morgan fingerprint density at radius 3 is 2.74 bits per heavy atom. The minimum absolute atomic E-state index is 0.00615. The number of nitrogens with one attached hydrogen (secondary N) is 1. The molecule has 212 valence electrons. The fourth-order valence-corrected chi connectivity index (χ4v) is 6.52. The van der Waals surface area contributed by atoms with Crippen LogP contribution in [-0.2, 0) is 35.6 Å². The van der Waals surface area contributed by atoms with Gasteiger partial charge in [0.1, 0.15) is 11.4 Å². The maximum Gasteiger partial charge on any atom is 0.509 e. The molecule has 4 aliphatic rings. The van der Waals surface area contributed by atoms with Crippen LogP contribution in [0.15, 0.2) is 24.0 Å². The summed E-state index contributed by atoms with van der Waals surface area (Å²) in [7, 11) is 2.00. The Bertz CT molecular complexity index is 1240. The fraction of sp³-hybridized carbons (Fsp3) is 0.607. The Kier molecular flexibility index (Phi) is 6.58. The first-order valence-electron chi connectivity index (χ1n) is 13.3. The summed E-state index contributed by atoms with van der Waals surface area (Å²) in [5.41, 5.74) is -0.919. The highest BCUT2D eigenvalue weighted by molar-refractivity contribution is 5.83. The zero-order valence-corrected chi connectivity index (χ0v) is 22.9. The van der Waals surface area contributed by atoms with E-state index in [0.29, 0.717) is 24.4 Å². The first kappa shape index (κ1) is 27.3. The number of hydrogen-bond acceptors (Lipinski definition) is 10. The average molecular weight is 545 g/mol. The molecule has 0 radical (unpaired) electrons. The van der Waals surface area contributed by atoms with Crippen LogP contribution >= 0.6 is 0 Å². The van der Waals surface area contributed by atoms with Crippen molar-refractivity contribution in [2.75, 3.05) is 20.1 Å². The molecule has 1 fully saturated rings. The van der Waals surface area contributed by atoms with Gasteiger partial charge in [0, 0.05) is 24.6 Å². The number of ether oxygens (including phenoxy) is 4. The molecule has 1 amide bonds. The molecule has 0 aromatic heterocycles. The second-order valence-corrected chi connectivity index (χ2v) is 11.8. The number of likely N-dealkylation sites (tertiary alicyclic amines) is 1. The molecule has 2 aliphatic heterocycles. The first-order valence-corrected chi connectivity index (χ1v) is 13.3. The van der Waals surface area contributed by atoms with Gasteiger partial charge in [-0.05, 0) is 71.8 Å². The van der Waals surface area contributed by atoms with Crippen LogP contribution in [0.3, 0.4) is 0 Å². The highest BCUT2D eigenvalue weighted by atomic mass is 16.7. The topological polar surface area (TPSA) is 144 Å². The van der Waals surface area contributed by atoms with Crippen molar-refractivity contribution in [2.24, 2.45) is 0 Å². The summed E-state index contributed by atoms with van der Waals surface area (Å²) in [5, 5.41) is 25.3. The van der Waals surface area contributed by atoms with Crippen molar-refractivity contribution in [2.45, 2.75) is 88.2 Å². The van der Waals surface area contributed by atoms with Crippen molar-refractivity contribution in [1.82, 2.24) is 10.2 Å². The smallest absolute Gasteiger partial charge is 0.504 e. The van der Waals surface area contributed by atoms with Crippen LogP contribution in [0.1, 0.15) is 58.1 Å². The highest BCUT2D eigenvalue weighted by Gasteiger charge is 2.72. The predicted molar refractivity (Wildman–Crippen MR) is 137 cm³/mol. The van der Waals surface area contributed by atoms with Crippen molar-refractivity contribution >= 4 is 18.0 Å². The molecular weight excluding hydrogens is 508 g/mol. The molecule has 39 heavy (non-hydrogen) atoms. The third-order valence-corrected chi connectivity index (χ3v) is 8.25. The largest absolute Gasteiger partial charge is 0.509 e. The molecule has 11 heteroatoms. The molecule has 1 unspecified atom stereocenters. The van der Waals surface area contributed by atoms with E-state index in [2.05, 4.69) is 10.2 Å². The number of likely N-dealkylation sites (N-methyl/N-ethyl adjacent to an activating group) is 1. The molecule has 5 atom stereocenters. The van der Waals surface area contributed by atoms with Crippen LogP contribution in [-0.4, -0.2) is 82.7 Å². The average Bonchev–Trinajstić information content (AvgIpc) is 3.19. The Hall–Kier alpha value is -3.31. The Morgan fingerprint density at radius 2 is 2.03 bits per heavy atom. The molecule has 1 aromatic rings. The molecule has 0 saturated carbocycles. The molecule has 1 spiro atoms. The summed E-state index contributed by atoms with van der Waals surface area (Å²) in [4.78, 5) is 39.0. The number of carbonyl (C=O) groups is 3. The van der Waals surface area contributed by atoms with Gasteiger partial charge in [-0.1, -0.05) is 6.07 Å². The minimum Gasteiger partial charge on any atom is -0.504 e. The maximum absolute atomic E-state index is 12.8. The lowest BCUT2D eigenvalue weighted by Crippen LogP contribution is -2.74. The number of rotatable bonds is 6. The monoisotopic (exact) mass is 544 g/mol. The Balaban J connectivity index is 1.25. The van der Waals surface area contributed by atoms with E-state index in [9.17, 15) is 24.6 Å². The summed E-state index contributed by atoms with van der Waals surface area (Å²) in [5.74, 6) is -0.535. The second-order valence-electron chi connectivity index (χ2n) is 11.8. The number of phenolic OH excluding ortho intramolecular Hbond substituents is 1. The number of hydrogen-bond donors (Lipinski definition) is 3. The van der Waals surface area contributed by atoms with Crippen molar-refractivity contribution in [3.05, 3.63) is 35.1 Å². The van der Waals surface area contributed by atoms with Crippen molar-refractivity contribution in [3.8, 4) is 11.5 Å². The third-order valence-electron chi connectivity index (χ3n) is 8.25. The SMILES string of the molecule is CC(OC(=O)OC(C)(C)C)C(=O)NCCC(=O)OC1=CC[C@@]2(O)[C@H]3Cc4ccc(O)c5c4[C@@]2(CCN3C)[C@H]1O5. The molecule has 2 aliphatic carbocycles. The van der Waals surface area contributed by atoms with Gasteiger partial charge in [-0.3, -0.25) is 9.59 Å². The van der Waals surface area contributed by atoms with E-state index in [1.165, 1.54) is 6.92 Å². The van der Waals surface area contributed by atoms with E-state index in [0.717, 1.165) is 17.7 Å². The van der Waals surface area contributed by atoms with Crippen LogP contribution in [0.25, 0.3) is 0 Å². The first-order chi connectivity index (χ1) is 18.3. The fourth-order valence-electron chi connectivity index (χ4n) is 6.52. The molecule has 2 heterocycles. The zero-order valence-electron chi connectivity index (χ0n) is 22.9. The van der Waals surface area contributed by atoms with E-state index in [-0.39, 0.29) is 31.2 Å². The quantitative estimate of drug-likeness (QED) is 0.455. The summed E-state index contributed by atoms with van der Waals surface area (Å²) in [6, 6.07) is 3.34. The number of aliphatic hydroxyl groups is 1. The van der Waals surface area contributed by atoms with E-state index < -0.39 is 46.9 Å². The second kappa shape index (κ2) is 9.41. The minimum atomic E-state index is -1.15. The zero-order chi connectivity index (χ0) is 28.3. The molecule has 1 aromatic carbocycles. The molecule has 11 nitrogen and oxygen atoms in total. The standard InChI is InChI=1S/C28H36N2O9/c1-15(36-25(34)39-26(2,3)4)24(33)29-12-9-20(32)37-18-8-10-28(35)19-14-16-6-7-17(31)22-21(16)27(28,23(18)38-22)11-13-30(19)5/h6-8,15,19,23,31,35H,9-14H2,1-5H3,(H,29,33)/t15?,19-,23+,27+,28-/m1/s1. The number of nitrogens with zero attached hydrogens (tertiary/aromatic N) is 1. The van der Waals surface area contributed by atoms with Gasteiger partial charge in [0.25, 0.3) is 5.91 Å². The van der Waals surface area contributed by atoms with Gasteiger partial charge in [0.05, 0.1) is 17.4 Å². The van der Waals surface area contributed by atoms with E-state index >= 15 is 0 Å². The molecular formula is C28H36N2O9. The molecule has 5 rings (SSSR count). The van der Waals surface area contributed by atoms with Gasteiger partial charge in [-0.2, -0.15) is 0 Å². The van der Waals surface area contributed by atoms with Gasteiger partial charge in [-0.25, -0.2) is 4.79 Å². The molecule has 2 bridgehead atoms. The lowest BCUT2D eigenvalue weighted by atomic mass is 9.50. The summed E-state index contributed by atoms with van der Waals surface area (Å²) in [6.07, 6.45) is 0.211. The number of aromatic hydroxyl groups is 1. The van der Waals surface area contributed by atoms with E-state index in [4.69, 9.17) is 18.9 Å². The van der Waals surface area contributed by atoms with E-state index in [1.807, 2.05) is 13.1 Å². The van der Waals surface area contributed by atoms with Gasteiger partial charge >= 0.3 is 12.1 Å². The molecule has 3 N–H and O–H groups in total. The summed E-state index contributed by atoms with van der Waals surface area (Å²) in [6.45, 7) is 7.14. The normalized spacial score (nSPS) is 29.3. The number of carbonyl (C=O) groups excluding carboxylic acids is 3. The summed E-state index contributed by atoms with van der Waals surface area (Å²) >= 11 is 0. The third kappa shape index (κ3) is 4.41. The Labute approximate surface area is 227 Å². The lowest BCUT2D eigenvalue weighted by molar-refractivity contribution is -0.169. The number of amides is 1. The number of benzene rings is 1. The molecule has 1 saturated heterocycles. The van der Waals surface area contributed by atoms with Crippen LogP contribution in [0.5, 0.6) is 11.5 Å². The number of esters is 1.